The van der Waals surface area contributed by atoms with Crippen molar-refractivity contribution in [2.24, 2.45) is 0 Å². The van der Waals surface area contributed by atoms with Crippen molar-refractivity contribution in [3.05, 3.63) is 58.7 Å². The Kier molecular flexibility index (Phi) is 4.53. The average molecular weight is 386 g/mol. The highest BCUT2D eigenvalue weighted by Gasteiger charge is 2.28. The number of carboxylic acids is 1. The molecule has 3 heterocycles. The first-order valence-electron chi connectivity index (χ1n) is 8.57. The Labute approximate surface area is 159 Å². The van der Waals surface area contributed by atoms with Crippen molar-refractivity contribution in [1.29, 1.82) is 0 Å². The molecule has 3 aromatic rings. The lowest BCUT2D eigenvalue weighted by Gasteiger charge is -2.30. The van der Waals surface area contributed by atoms with Crippen LogP contribution < -0.4 is 0 Å². The van der Waals surface area contributed by atoms with Gasteiger partial charge in [0.1, 0.15) is 16.9 Å². The molecular weight excluding hydrogens is 370 g/mol. The molecular formula is C19H16ClN3O4. The second kappa shape index (κ2) is 7.00. The molecule has 1 aliphatic rings. The number of carbonyl (C=O) groups is 2. The van der Waals surface area contributed by atoms with Gasteiger partial charge in [0.2, 0.25) is 0 Å². The molecule has 1 N–H and O–H groups in total. The number of carboxylic acid groups (broad SMARTS) is 1. The van der Waals surface area contributed by atoms with Crippen LogP contribution in [-0.2, 0) is 0 Å². The third kappa shape index (κ3) is 3.50. The third-order valence-corrected chi connectivity index (χ3v) is 4.92. The molecule has 0 unspecified atom stereocenters. The van der Waals surface area contributed by atoms with Crippen molar-refractivity contribution in [2.75, 3.05) is 13.1 Å². The standard InChI is InChI=1S/C19H16ClN3O4/c20-12-4-5-16-15(10-12)22-17(27-16)11-6-8-23(9-7-11)18(24)13-2-1-3-14(21-13)19(25)26/h1-5,10-11H,6-9H2,(H,25,26). The van der Waals surface area contributed by atoms with Crippen LogP contribution in [0.15, 0.2) is 40.8 Å². The normalized spacial score (nSPS) is 15.2. The maximum atomic E-state index is 12.6. The number of hydrogen-bond acceptors (Lipinski definition) is 5. The van der Waals surface area contributed by atoms with Crippen molar-refractivity contribution in [1.82, 2.24) is 14.9 Å². The number of aromatic carboxylic acids is 1. The fraction of sp³-hybridized carbons (Fsp3) is 0.263. The van der Waals surface area contributed by atoms with Gasteiger partial charge in [-0.15, -0.1) is 0 Å². The number of likely N-dealkylation sites (tertiary alicyclic amines) is 1. The summed E-state index contributed by atoms with van der Waals surface area (Å²) in [6.07, 6.45) is 1.43. The van der Waals surface area contributed by atoms with E-state index in [2.05, 4.69) is 9.97 Å². The van der Waals surface area contributed by atoms with Gasteiger partial charge in [-0.25, -0.2) is 14.8 Å². The Morgan fingerprint density at radius 2 is 1.85 bits per heavy atom. The van der Waals surface area contributed by atoms with Gasteiger partial charge in [0.05, 0.1) is 0 Å². The zero-order chi connectivity index (χ0) is 19.0. The lowest BCUT2D eigenvalue weighted by atomic mass is 9.96. The van der Waals surface area contributed by atoms with Gasteiger partial charge in [-0.1, -0.05) is 17.7 Å². The summed E-state index contributed by atoms with van der Waals surface area (Å²) in [6, 6.07) is 9.76. The molecule has 138 valence electrons. The van der Waals surface area contributed by atoms with E-state index < -0.39 is 5.97 Å². The molecule has 0 saturated carbocycles. The van der Waals surface area contributed by atoms with E-state index in [1.807, 2.05) is 0 Å². The van der Waals surface area contributed by atoms with Gasteiger partial charge in [0, 0.05) is 24.0 Å². The molecule has 1 saturated heterocycles. The SMILES string of the molecule is O=C(O)c1cccc(C(=O)N2CCC(c3nc4cc(Cl)ccc4o3)CC2)n1. The van der Waals surface area contributed by atoms with Crippen molar-refractivity contribution < 1.29 is 19.1 Å². The summed E-state index contributed by atoms with van der Waals surface area (Å²) in [5.41, 5.74) is 1.43. The second-order valence-electron chi connectivity index (χ2n) is 6.44. The van der Waals surface area contributed by atoms with Crippen molar-refractivity contribution in [2.45, 2.75) is 18.8 Å². The molecule has 1 fully saturated rings. The number of benzene rings is 1. The largest absolute Gasteiger partial charge is 0.477 e. The number of oxazole rings is 1. The summed E-state index contributed by atoms with van der Waals surface area (Å²) in [5, 5.41) is 9.64. The number of fused-ring (bicyclic) bond motifs is 1. The first kappa shape index (κ1) is 17.5. The molecule has 0 bridgehead atoms. The van der Waals surface area contributed by atoms with Crippen LogP contribution in [-0.4, -0.2) is 44.9 Å². The Morgan fingerprint density at radius 3 is 2.59 bits per heavy atom. The molecule has 27 heavy (non-hydrogen) atoms. The number of aromatic nitrogens is 2. The first-order valence-corrected chi connectivity index (χ1v) is 8.94. The summed E-state index contributed by atoms with van der Waals surface area (Å²) in [5.74, 6) is -0.635. The van der Waals surface area contributed by atoms with E-state index in [-0.39, 0.29) is 23.2 Å². The highest BCUT2D eigenvalue weighted by molar-refractivity contribution is 6.31. The van der Waals surface area contributed by atoms with Crippen LogP contribution in [0.2, 0.25) is 5.02 Å². The molecule has 0 atom stereocenters. The highest BCUT2D eigenvalue weighted by Crippen LogP contribution is 2.31. The number of nitrogens with zero attached hydrogens (tertiary/aromatic N) is 3. The van der Waals surface area contributed by atoms with Gasteiger partial charge in [0.25, 0.3) is 5.91 Å². The zero-order valence-electron chi connectivity index (χ0n) is 14.3. The molecule has 1 aliphatic heterocycles. The fourth-order valence-corrected chi connectivity index (χ4v) is 3.42. The van der Waals surface area contributed by atoms with Gasteiger partial charge in [-0.2, -0.15) is 0 Å². The molecule has 0 spiro atoms. The monoisotopic (exact) mass is 385 g/mol. The van der Waals surface area contributed by atoms with E-state index in [0.717, 1.165) is 5.52 Å². The predicted octanol–water partition coefficient (Wildman–Crippen LogP) is 3.59. The Morgan fingerprint density at radius 1 is 1.11 bits per heavy atom. The summed E-state index contributed by atoms with van der Waals surface area (Å²) in [7, 11) is 0. The van der Waals surface area contributed by atoms with Crippen molar-refractivity contribution in [3.8, 4) is 0 Å². The van der Waals surface area contributed by atoms with E-state index in [0.29, 0.717) is 42.4 Å². The number of pyridine rings is 1. The molecule has 1 amide bonds. The van der Waals surface area contributed by atoms with Gasteiger partial charge >= 0.3 is 5.97 Å². The predicted molar refractivity (Wildman–Crippen MR) is 98.1 cm³/mol. The summed E-state index contributed by atoms with van der Waals surface area (Å²) in [6.45, 7) is 1.06. The second-order valence-corrected chi connectivity index (χ2v) is 6.88. The van der Waals surface area contributed by atoms with E-state index in [1.165, 1.54) is 18.2 Å². The van der Waals surface area contributed by atoms with Crippen LogP contribution >= 0.6 is 11.6 Å². The fourth-order valence-electron chi connectivity index (χ4n) is 3.26. The van der Waals surface area contributed by atoms with E-state index in [1.54, 1.807) is 23.1 Å². The number of hydrogen-bond donors (Lipinski definition) is 1. The number of rotatable bonds is 3. The minimum Gasteiger partial charge on any atom is -0.477 e. The van der Waals surface area contributed by atoms with Crippen LogP contribution in [0, 0.1) is 0 Å². The van der Waals surface area contributed by atoms with Crippen molar-refractivity contribution >= 4 is 34.6 Å². The molecule has 8 heteroatoms. The molecule has 4 rings (SSSR count). The van der Waals surface area contributed by atoms with Crippen LogP contribution in [0.1, 0.15) is 45.6 Å². The van der Waals surface area contributed by atoms with Crippen molar-refractivity contribution in [3.63, 3.8) is 0 Å². The molecule has 0 aliphatic carbocycles. The van der Waals surface area contributed by atoms with Gasteiger partial charge in [-0.05, 0) is 43.2 Å². The average Bonchev–Trinajstić information content (AvgIpc) is 3.10. The number of carbonyl (C=O) groups excluding carboxylic acids is 1. The smallest absolute Gasteiger partial charge is 0.354 e. The molecule has 1 aromatic carbocycles. The minimum absolute atomic E-state index is 0.124. The van der Waals surface area contributed by atoms with Crippen LogP contribution in [0.3, 0.4) is 0 Å². The lowest BCUT2D eigenvalue weighted by Crippen LogP contribution is -2.38. The maximum absolute atomic E-state index is 12.6. The first-order chi connectivity index (χ1) is 13.0. The van der Waals surface area contributed by atoms with Crippen LogP contribution in [0.4, 0.5) is 0 Å². The Bertz CT molecular complexity index is 1020. The quantitative estimate of drug-likeness (QED) is 0.740. The maximum Gasteiger partial charge on any atom is 0.354 e. The highest BCUT2D eigenvalue weighted by atomic mass is 35.5. The van der Waals surface area contributed by atoms with E-state index in [4.69, 9.17) is 21.1 Å². The van der Waals surface area contributed by atoms with E-state index >= 15 is 0 Å². The Hall–Kier alpha value is -2.93. The minimum atomic E-state index is -1.15. The van der Waals surface area contributed by atoms with Gasteiger partial charge < -0.3 is 14.4 Å². The van der Waals surface area contributed by atoms with E-state index in [9.17, 15) is 9.59 Å². The van der Waals surface area contributed by atoms with Gasteiger partial charge in [-0.3, -0.25) is 4.79 Å². The lowest BCUT2D eigenvalue weighted by molar-refractivity contribution is 0.0687. The number of amides is 1. The molecule has 0 radical (unpaired) electrons. The Balaban J connectivity index is 1.45. The molecule has 7 nitrogen and oxygen atoms in total. The molecule has 2 aromatic heterocycles. The summed E-state index contributed by atoms with van der Waals surface area (Å²) in [4.78, 5) is 33.8. The number of halogens is 1. The number of piperidine rings is 1. The van der Waals surface area contributed by atoms with Crippen LogP contribution in [0.25, 0.3) is 11.1 Å². The summed E-state index contributed by atoms with van der Waals surface area (Å²) >= 11 is 5.99. The van der Waals surface area contributed by atoms with Crippen LogP contribution in [0.5, 0.6) is 0 Å². The summed E-state index contributed by atoms with van der Waals surface area (Å²) < 4.78 is 5.83. The van der Waals surface area contributed by atoms with Gasteiger partial charge in [0.15, 0.2) is 11.5 Å². The zero-order valence-corrected chi connectivity index (χ0v) is 15.0. The third-order valence-electron chi connectivity index (χ3n) is 4.68. The topological polar surface area (TPSA) is 96.5 Å².